The van der Waals surface area contributed by atoms with Gasteiger partial charge in [0.25, 0.3) is 0 Å². The Balaban J connectivity index is 2.05. The first-order chi connectivity index (χ1) is 14.5. The minimum absolute atomic E-state index is 0.0221. The largest absolute Gasteiger partial charge is 0.467 e. The zero-order valence-corrected chi connectivity index (χ0v) is 20.3. The maximum absolute atomic E-state index is 13.3. The fourth-order valence-electron chi connectivity index (χ4n) is 5.09. The maximum atomic E-state index is 13.3. The van der Waals surface area contributed by atoms with Crippen LogP contribution in [0.3, 0.4) is 0 Å². The molecule has 0 radical (unpaired) electrons. The van der Waals surface area contributed by atoms with E-state index in [1.807, 2.05) is 6.26 Å². The molecule has 0 bridgehead atoms. The topological polar surface area (TPSA) is 93.4 Å². The van der Waals surface area contributed by atoms with Gasteiger partial charge in [0.1, 0.15) is 6.04 Å². The van der Waals surface area contributed by atoms with Gasteiger partial charge in [-0.05, 0) is 49.5 Å². The van der Waals surface area contributed by atoms with Crippen LogP contribution in [0.5, 0.6) is 0 Å². The number of rotatable bonds is 11. The Morgan fingerprint density at radius 2 is 1.93 bits per heavy atom. The zero-order chi connectivity index (χ0) is 21.9. The molecular formula is C22H41N3O3S2. The third-order valence-electron chi connectivity index (χ3n) is 6.81. The number of carbonyl (C=O) groups is 2. The highest BCUT2D eigenvalue weighted by molar-refractivity contribution is 7.98. The molecule has 174 valence electrons. The van der Waals surface area contributed by atoms with Crippen LogP contribution in [0.4, 0.5) is 0 Å². The number of hydrogen-bond donors (Lipinski definition) is 4. The van der Waals surface area contributed by atoms with Crippen molar-refractivity contribution in [3.63, 3.8) is 0 Å². The molecule has 2 aliphatic carbocycles. The molecule has 2 saturated carbocycles. The number of nitrogens with two attached hydrogens (primary N) is 1. The van der Waals surface area contributed by atoms with Crippen LogP contribution in [0, 0.1) is 17.8 Å². The summed E-state index contributed by atoms with van der Waals surface area (Å²) < 4.78 is 4.93. The van der Waals surface area contributed by atoms with Crippen molar-refractivity contribution in [2.75, 3.05) is 31.4 Å². The predicted octanol–water partition coefficient (Wildman–Crippen LogP) is 2.61. The van der Waals surface area contributed by atoms with Crippen LogP contribution in [-0.2, 0) is 14.3 Å². The van der Waals surface area contributed by atoms with E-state index in [1.165, 1.54) is 39.2 Å². The Hall–Kier alpha value is -0.440. The lowest BCUT2D eigenvalue weighted by Gasteiger charge is -2.42. The number of amides is 1. The smallest absolute Gasteiger partial charge is 0.328 e. The number of methoxy groups -OCH3 is 1. The van der Waals surface area contributed by atoms with Crippen LogP contribution in [0.2, 0.25) is 0 Å². The maximum Gasteiger partial charge on any atom is 0.328 e. The summed E-state index contributed by atoms with van der Waals surface area (Å²) in [6.07, 6.45) is 11.7. The Bertz CT molecular complexity index is 532. The van der Waals surface area contributed by atoms with E-state index in [1.54, 1.807) is 11.8 Å². The molecule has 0 aromatic carbocycles. The fourth-order valence-corrected chi connectivity index (χ4v) is 5.69. The molecule has 2 fully saturated rings. The zero-order valence-electron chi connectivity index (χ0n) is 18.6. The van der Waals surface area contributed by atoms with Crippen molar-refractivity contribution in [1.29, 1.82) is 0 Å². The molecule has 2 aliphatic rings. The average molecular weight is 460 g/mol. The summed E-state index contributed by atoms with van der Waals surface area (Å²) in [5.74, 6) is 2.11. The standard InChI is InChI=1S/C22H41N3O3S2/c1-28-22(27)20(10-11-30-2)25-21(26)18-9-8-17(24-13-16(23)14-29)12-19(18)15-6-4-3-5-7-15/h15-20,24,29H,3-14,23H2,1-2H3,(H,25,26)/t16-,17?,18?,19?,20+/m1/s1. The molecule has 2 rings (SSSR count). The van der Waals surface area contributed by atoms with Gasteiger partial charge in [-0.1, -0.05) is 32.1 Å². The second kappa shape index (κ2) is 13.9. The van der Waals surface area contributed by atoms with Crippen molar-refractivity contribution in [2.24, 2.45) is 23.5 Å². The van der Waals surface area contributed by atoms with Gasteiger partial charge in [-0.25, -0.2) is 4.79 Å². The Kier molecular flexibility index (Phi) is 11.9. The first-order valence-corrected chi connectivity index (χ1v) is 13.5. The summed E-state index contributed by atoms with van der Waals surface area (Å²) in [6, 6.07) is -0.0919. The number of hydrogen-bond acceptors (Lipinski definition) is 7. The normalized spacial score (nSPS) is 27.3. The third kappa shape index (κ3) is 7.92. The van der Waals surface area contributed by atoms with Crippen LogP contribution in [0.25, 0.3) is 0 Å². The van der Waals surface area contributed by atoms with Gasteiger partial charge in [0.05, 0.1) is 7.11 Å². The third-order valence-corrected chi connectivity index (χ3v) is 7.92. The lowest BCUT2D eigenvalue weighted by molar-refractivity contribution is -0.146. The quantitative estimate of drug-likeness (QED) is 0.280. The van der Waals surface area contributed by atoms with Crippen LogP contribution >= 0.6 is 24.4 Å². The number of nitrogens with one attached hydrogen (secondary N) is 2. The molecule has 0 spiro atoms. The molecule has 30 heavy (non-hydrogen) atoms. The molecule has 0 aromatic heterocycles. The molecule has 0 aliphatic heterocycles. The molecule has 0 saturated heterocycles. The van der Waals surface area contributed by atoms with Crippen LogP contribution in [0.15, 0.2) is 0 Å². The van der Waals surface area contributed by atoms with Gasteiger partial charge < -0.3 is 21.1 Å². The summed E-state index contributed by atoms with van der Waals surface area (Å²) in [5.41, 5.74) is 6.03. The SMILES string of the molecule is COC(=O)[C@H](CCSC)NC(=O)C1CCC(NC[C@@H](N)CS)CC1C1CCCCC1. The second-order valence-corrected chi connectivity index (χ2v) is 10.2. The van der Waals surface area contributed by atoms with Gasteiger partial charge >= 0.3 is 5.97 Å². The first-order valence-electron chi connectivity index (χ1n) is 11.5. The first kappa shape index (κ1) is 25.8. The summed E-state index contributed by atoms with van der Waals surface area (Å²) >= 11 is 5.95. The van der Waals surface area contributed by atoms with Gasteiger partial charge in [-0.15, -0.1) is 0 Å². The van der Waals surface area contributed by atoms with E-state index in [9.17, 15) is 9.59 Å². The molecule has 8 heteroatoms. The highest BCUT2D eigenvalue weighted by atomic mass is 32.2. The highest BCUT2D eigenvalue weighted by Gasteiger charge is 2.40. The molecular weight excluding hydrogens is 418 g/mol. The van der Waals surface area contributed by atoms with Crippen molar-refractivity contribution in [3.05, 3.63) is 0 Å². The molecule has 1 amide bonds. The number of carbonyl (C=O) groups excluding carboxylic acids is 2. The van der Waals surface area contributed by atoms with Crippen molar-refractivity contribution in [2.45, 2.75) is 75.9 Å². The highest BCUT2D eigenvalue weighted by Crippen LogP contribution is 2.42. The van der Waals surface area contributed by atoms with Gasteiger partial charge in [-0.2, -0.15) is 24.4 Å². The van der Waals surface area contributed by atoms with E-state index in [0.717, 1.165) is 31.6 Å². The van der Waals surface area contributed by atoms with Crippen molar-refractivity contribution in [3.8, 4) is 0 Å². The Morgan fingerprint density at radius 3 is 2.57 bits per heavy atom. The van der Waals surface area contributed by atoms with Crippen LogP contribution < -0.4 is 16.4 Å². The van der Waals surface area contributed by atoms with Gasteiger partial charge in [0.15, 0.2) is 0 Å². The van der Waals surface area contributed by atoms with Crippen molar-refractivity contribution < 1.29 is 14.3 Å². The fraction of sp³-hybridized carbons (Fsp3) is 0.909. The lowest BCUT2D eigenvalue weighted by Crippen LogP contribution is -2.51. The van der Waals surface area contributed by atoms with Gasteiger partial charge in [0.2, 0.25) is 5.91 Å². The minimum Gasteiger partial charge on any atom is -0.467 e. The van der Waals surface area contributed by atoms with Gasteiger partial charge in [-0.3, -0.25) is 4.79 Å². The van der Waals surface area contributed by atoms with E-state index in [-0.39, 0.29) is 23.8 Å². The number of esters is 1. The van der Waals surface area contributed by atoms with E-state index < -0.39 is 6.04 Å². The molecule has 4 N–H and O–H groups in total. The van der Waals surface area contributed by atoms with Crippen molar-refractivity contribution in [1.82, 2.24) is 10.6 Å². The average Bonchev–Trinajstić information content (AvgIpc) is 2.79. The Morgan fingerprint density at radius 1 is 1.20 bits per heavy atom. The van der Waals surface area contributed by atoms with E-state index in [2.05, 4.69) is 23.3 Å². The second-order valence-electron chi connectivity index (χ2n) is 8.90. The van der Waals surface area contributed by atoms with E-state index in [0.29, 0.717) is 30.1 Å². The summed E-state index contributed by atoms with van der Waals surface area (Å²) in [6.45, 7) is 0.765. The molecule has 6 nitrogen and oxygen atoms in total. The Labute approximate surface area is 192 Å². The summed E-state index contributed by atoms with van der Waals surface area (Å²) in [4.78, 5) is 25.5. The molecule has 3 unspecified atom stereocenters. The number of ether oxygens (including phenoxy) is 1. The van der Waals surface area contributed by atoms with Crippen molar-refractivity contribution >= 4 is 36.3 Å². The summed E-state index contributed by atoms with van der Waals surface area (Å²) in [5, 5.41) is 6.65. The number of thioether (sulfide) groups is 1. The predicted molar refractivity (Wildman–Crippen MR) is 128 cm³/mol. The molecule has 0 aromatic rings. The van der Waals surface area contributed by atoms with E-state index in [4.69, 9.17) is 10.5 Å². The lowest BCUT2D eigenvalue weighted by atomic mass is 9.66. The molecule has 0 heterocycles. The van der Waals surface area contributed by atoms with Crippen LogP contribution in [0.1, 0.15) is 57.8 Å². The monoisotopic (exact) mass is 459 g/mol. The van der Waals surface area contributed by atoms with Crippen LogP contribution in [-0.4, -0.2) is 61.4 Å². The number of thiol groups is 1. The summed E-state index contributed by atoms with van der Waals surface area (Å²) in [7, 11) is 1.39. The van der Waals surface area contributed by atoms with Gasteiger partial charge in [0, 0.05) is 30.3 Å². The minimum atomic E-state index is -0.550. The molecule has 5 atom stereocenters. The van der Waals surface area contributed by atoms with E-state index >= 15 is 0 Å².